The number of carbonyl (C=O) groups is 1. The Bertz CT molecular complexity index is 1680. The molecule has 5 aromatic rings. The highest BCUT2D eigenvalue weighted by molar-refractivity contribution is 5.87. The van der Waals surface area contributed by atoms with Crippen molar-refractivity contribution in [3.63, 3.8) is 0 Å². The van der Waals surface area contributed by atoms with Gasteiger partial charge in [-0.3, -0.25) is 10.1 Å². The first-order chi connectivity index (χ1) is 18.5. The Labute approximate surface area is 221 Å². The van der Waals surface area contributed by atoms with Crippen molar-refractivity contribution in [1.82, 2.24) is 10.6 Å². The van der Waals surface area contributed by atoms with Crippen LogP contribution in [0.3, 0.4) is 0 Å². The Morgan fingerprint density at radius 1 is 0.737 bits per heavy atom. The molecule has 0 aromatic heterocycles. The van der Waals surface area contributed by atoms with Crippen molar-refractivity contribution >= 4 is 22.4 Å². The molecule has 0 fully saturated rings. The van der Waals surface area contributed by atoms with E-state index in [0.717, 1.165) is 22.3 Å². The van der Waals surface area contributed by atoms with E-state index in [4.69, 9.17) is 4.74 Å². The van der Waals surface area contributed by atoms with Crippen LogP contribution in [0.25, 0.3) is 27.6 Å². The Hall–Kier alpha value is -5.03. The minimum Gasteiger partial charge on any atom is -0.507 e. The first kappa shape index (κ1) is 23.4. The van der Waals surface area contributed by atoms with Crippen molar-refractivity contribution < 1.29 is 14.6 Å². The number of phenols is 1. The molecule has 5 aromatic carbocycles. The molecule has 0 radical (unpaired) electrons. The molecule has 0 saturated heterocycles. The molecule has 5 nitrogen and oxygen atoms in total. The number of aromatic hydroxyl groups is 1. The van der Waals surface area contributed by atoms with Crippen LogP contribution in [-0.4, -0.2) is 11.0 Å². The predicted octanol–water partition coefficient (Wildman–Crippen LogP) is 6.50. The Morgan fingerprint density at radius 2 is 1.39 bits per heavy atom. The summed E-state index contributed by atoms with van der Waals surface area (Å²) in [6.07, 6.45) is 0. The smallest absolute Gasteiger partial charge is 0.239 e. The van der Waals surface area contributed by atoms with Gasteiger partial charge in [-0.1, -0.05) is 103 Å². The van der Waals surface area contributed by atoms with Crippen LogP contribution in [0.15, 0.2) is 127 Å². The third-order valence-corrected chi connectivity index (χ3v) is 6.79. The second-order valence-corrected chi connectivity index (χ2v) is 9.32. The molecule has 0 aliphatic carbocycles. The van der Waals surface area contributed by atoms with Gasteiger partial charge in [0, 0.05) is 18.1 Å². The SMILES string of the molecule is CC(=O)NC1=C(c2ccccc2)NC(c2ccc(-c3ccc4ccccc4c3)cc2)(c2ccccc2O)O1. The van der Waals surface area contributed by atoms with Gasteiger partial charge in [0.05, 0.1) is 5.56 Å². The lowest BCUT2D eigenvalue weighted by molar-refractivity contribution is -0.119. The molecule has 1 aliphatic heterocycles. The number of ether oxygens (including phenoxy) is 1. The van der Waals surface area contributed by atoms with Crippen molar-refractivity contribution in [2.45, 2.75) is 12.6 Å². The number of para-hydroxylation sites is 1. The highest BCUT2D eigenvalue weighted by Crippen LogP contribution is 2.44. The molecule has 1 heterocycles. The van der Waals surface area contributed by atoms with Gasteiger partial charge < -0.3 is 15.2 Å². The molecule has 0 saturated carbocycles. The average Bonchev–Trinajstić information content (AvgIpc) is 3.33. The molecular formula is C33H26N2O3. The number of hydrogen-bond acceptors (Lipinski definition) is 4. The van der Waals surface area contributed by atoms with Crippen molar-refractivity contribution in [2.24, 2.45) is 0 Å². The lowest BCUT2D eigenvalue weighted by atomic mass is 9.91. The van der Waals surface area contributed by atoms with Gasteiger partial charge >= 0.3 is 0 Å². The summed E-state index contributed by atoms with van der Waals surface area (Å²) in [4.78, 5) is 12.1. The monoisotopic (exact) mass is 498 g/mol. The highest BCUT2D eigenvalue weighted by Gasteiger charge is 2.46. The largest absolute Gasteiger partial charge is 0.507 e. The summed E-state index contributed by atoms with van der Waals surface area (Å²) in [6, 6.07) is 39.5. The third kappa shape index (κ3) is 4.14. The number of phenolic OH excluding ortho intramolecular Hbond substituents is 1. The summed E-state index contributed by atoms with van der Waals surface area (Å²) in [7, 11) is 0. The number of nitrogens with one attached hydrogen (secondary N) is 2. The fourth-order valence-electron chi connectivity index (χ4n) is 4.96. The average molecular weight is 499 g/mol. The minimum atomic E-state index is -1.27. The number of benzene rings is 5. The van der Waals surface area contributed by atoms with Crippen molar-refractivity contribution in [2.75, 3.05) is 0 Å². The lowest BCUT2D eigenvalue weighted by Crippen LogP contribution is -2.40. The summed E-state index contributed by atoms with van der Waals surface area (Å²) in [5.41, 5.74) is 3.68. The van der Waals surface area contributed by atoms with Crippen molar-refractivity contribution in [3.05, 3.63) is 144 Å². The van der Waals surface area contributed by atoms with E-state index in [2.05, 4.69) is 41.0 Å². The molecule has 0 spiro atoms. The van der Waals surface area contributed by atoms with Crippen LogP contribution in [0.4, 0.5) is 0 Å². The zero-order valence-corrected chi connectivity index (χ0v) is 20.8. The van der Waals surface area contributed by atoms with E-state index in [0.29, 0.717) is 17.1 Å². The summed E-state index contributed by atoms with van der Waals surface area (Å²) in [6.45, 7) is 1.44. The lowest BCUT2D eigenvalue weighted by Gasteiger charge is -2.32. The number of carbonyl (C=O) groups excluding carboxylic acids is 1. The van der Waals surface area contributed by atoms with E-state index in [1.54, 1.807) is 12.1 Å². The molecule has 6 rings (SSSR count). The Kier molecular flexibility index (Phi) is 5.81. The van der Waals surface area contributed by atoms with Crippen LogP contribution in [0.2, 0.25) is 0 Å². The normalized spacial score (nSPS) is 16.7. The highest BCUT2D eigenvalue weighted by atomic mass is 16.5. The van der Waals surface area contributed by atoms with Gasteiger partial charge in [0.15, 0.2) is 0 Å². The Morgan fingerprint density at radius 3 is 2.13 bits per heavy atom. The van der Waals surface area contributed by atoms with E-state index in [9.17, 15) is 9.90 Å². The van der Waals surface area contributed by atoms with Gasteiger partial charge in [0.25, 0.3) is 0 Å². The molecule has 5 heteroatoms. The summed E-state index contributed by atoms with van der Waals surface area (Å²) >= 11 is 0. The molecule has 0 bridgehead atoms. The number of rotatable bonds is 5. The standard InChI is InChI=1S/C33H26N2O3/c1-22(36)34-32-31(25-10-3-2-4-11-25)35-33(38-32,29-13-7-8-14-30(29)37)28-19-17-24(18-20-28)27-16-15-23-9-5-6-12-26(23)21-27/h2-21,35,37H,1H3,(H,34,36). The fraction of sp³-hybridized carbons (Fsp3) is 0.0606. The molecule has 3 N–H and O–H groups in total. The topological polar surface area (TPSA) is 70.6 Å². The summed E-state index contributed by atoms with van der Waals surface area (Å²) in [5.74, 6) is 0.121. The second-order valence-electron chi connectivity index (χ2n) is 9.32. The zero-order valence-electron chi connectivity index (χ0n) is 20.8. The summed E-state index contributed by atoms with van der Waals surface area (Å²) < 4.78 is 6.56. The maximum atomic E-state index is 12.1. The summed E-state index contributed by atoms with van der Waals surface area (Å²) in [5, 5.41) is 19.7. The van der Waals surface area contributed by atoms with Gasteiger partial charge in [0.1, 0.15) is 11.4 Å². The quantitative estimate of drug-likeness (QED) is 0.259. The first-order valence-corrected chi connectivity index (χ1v) is 12.5. The van der Waals surface area contributed by atoms with Crippen LogP contribution >= 0.6 is 0 Å². The van der Waals surface area contributed by atoms with Crippen LogP contribution in [-0.2, 0) is 15.3 Å². The zero-order chi connectivity index (χ0) is 26.1. The van der Waals surface area contributed by atoms with E-state index in [-0.39, 0.29) is 11.7 Å². The van der Waals surface area contributed by atoms with Gasteiger partial charge in [-0.25, -0.2) is 0 Å². The molecule has 186 valence electrons. The number of hydrogen-bond donors (Lipinski definition) is 3. The molecule has 38 heavy (non-hydrogen) atoms. The van der Waals surface area contributed by atoms with E-state index >= 15 is 0 Å². The molecule has 1 amide bonds. The van der Waals surface area contributed by atoms with Crippen LogP contribution in [0.1, 0.15) is 23.6 Å². The third-order valence-electron chi connectivity index (χ3n) is 6.79. The van der Waals surface area contributed by atoms with Gasteiger partial charge in [-0.15, -0.1) is 0 Å². The molecular weight excluding hydrogens is 472 g/mol. The minimum absolute atomic E-state index is 0.0788. The second kappa shape index (κ2) is 9.45. The molecule has 1 unspecified atom stereocenters. The van der Waals surface area contributed by atoms with Crippen LogP contribution in [0.5, 0.6) is 5.75 Å². The number of amides is 1. The Balaban J connectivity index is 1.46. The van der Waals surface area contributed by atoms with Crippen LogP contribution < -0.4 is 10.6 Å². The molecule has 1 atom stereocenters. The number of fused-ring (bicyclic) bond motifs is 1. The van der Waals surface area contributed by atoms with Gasteiger partial charge in [0.2, 0.25) is 17.5 Å². The van der Waals surface area contributed by atoms with Crippen molar-refractivity contribution in [1.29, 1.82) is 0 Å². The maximum Gasteiger partial charge on any atom is 0.239 e. The predicted molar refractivity (Wildman–Crippen MR) is 150 cm³/mol. The molecule has 1 aliphatic rings. The van der Waals surface area contributed by atoms with Crippen molar-refractivity contribution in [3.8, 4) is 16.9 Å². The van der Waals surface area contributed by atoms with Gasteiger partial charge in [-0.2, -0.15) is 0 Å². The first-order valence-electron chi connectivity index (χ1n) is 12.5. The van der Waals surface area contributed by atoms with E-state index < -0.39 is 5.72 Å². The van der Waals surface area contributed by atoms with E-state index in [1.165, 1.54) is 17.7 Å². The fourth-order valence-corrected chi connectivity index (χ4v) is 4.96. The van der Waals surface area contributed by atoms with Crippen LogP contribution in [0, 0.1) is 0 Å². The van der Waals surface area contributed by atoms with Gasteiger partial charge in [-0.05, 0) is 40.1 Å². The maximum absolute atomic E-state index is 12.1. The van der Waals surface area contributed by atoms with E-state index in [1.807, 2.05) is 78.9 Å².